The zero-order chi connectivity index (χ0) is 16.0. The van der Waals surface area contributed by atoms with E-state index in [0.29, 0.717) is 18.9 Å². The van der Waals surface area contributed by atoms with Gasteiger partial charge in [-0.15, -0.1) is 0 Å². The molecule has 1 saturated heterocycles. The van der Waals surface area contributed by atoms with Crippen molar-refractivity contribution < 1.29 is 22.6 Å². The maximum absolute atomic E-state index is 12.9. The minimum Gasteiger partial charge on any atom is -0.348 e. The van der Waals surface area contributed by atoms with Crippen molar-refractivity contribution in [3.63, 3.8) is 0 Å². The SMILES string of the molecule is CC(C)n1nc(C(F)(F)F)cc1C1CCC2(CC1)OCCO2. The molecule has 0 bridgehead atoms. The molecule has 1 saturated carbocycles. The number of aromatic nitrogens is 2. The fourth-order valence-corrected chi connectivity index (χ4v) is 3.41. The molecule has 7 heteroatoms. The van der Waals surface area contributed by atoms with Crippen molar-refractivity contribution in [1.29, 1.82) is 0 Å². The van der Waals surface area contributed by atoms with Crippen LogP contribution < -0.4 is 0 Å². The van der Waals surface area contributed by atoms with Crippen molar-refractivity contribution >= 4 is 0 Å². The van der Waals surface area contributed by atoms with E-state index in [9.17, 15) is 13.2 Å². The highest BCUT2D eigenvalue weighted by Crippen LogP contribution is 2.43. The lowest BCUT2D eigenvalue weighted by atomic mass is 9.83. The number of alkyl halides is 3. The first-order chi connectivity index (χ1) is 10.3. The highest BCUT2D eigenvalue weighted by atomic mass is 19.4. The number of halogens is 3. The van der Waals surface area contributed by atoms with Crippen LogP contribution in [0.2, 0.25) is 0 Å². The van der Waals surface area contributed by atoms with Gasteiger partial charge in [0.2, 0.25) is 0 Å². The third-order valence-electron chi connectivity index (χ3n) is 4.52. The quantitative estimate of drug-likeness (QED) is 0.830. The topological polar surface area (TPSA) is 36.3 Å². The van der Waals surface area contributed by atoms with Gasteiger partial charge in [0.1, 0.15) is 0 Å². The van der Waals surface area contributed by atoms with Gasteiger partial charge in [0.25, 0.3) is 0 Å². The number of nitrogens with zero attached hydrogens (tertiary/aromatic N) is 2. The Balaban J connectivity index is 1.81. The van der Waals surface area contributed by atoms with Gasteiger partial charge in [-0.05, 0) is 32.8 Å². The van der Waals surface area contributed by atoms with E-state index in [1.165, 1.54) is 10.7 Å². The Labute approximate surface area is 127 Å². The highest BCUT2D eigenvalue weighted by molar-refractivity contribution is 5.19. The summed E-state index contributed by atoms with van der Waals surface area (Å²) in [5.74, 6) is -0.420. The van der Waals surface area contributed by atoms with Gasteiger partial charge in [0.05, 0.1) is 13.2 Å². The third-order valence-corrected chi connectivity index (χ3v) is 4.52. The van der Waals surface area contributed by atoms with Crippen molar-refractivity contribution in [3.05, 3.63) is 17.5 Å². The number of rotatable bonds is 2. The summed E-state index contributed by atoms with van der Waals surface area (Å²) >= 11 is 0. The van der Waals surface area contributed by atoms with Crippen molar-refractivity contribution in [2.75, 3.05) is 13.2 Å². The Morgan fingerprint density at radius 2 is 1.82 bits per heavy atom. The zero-order valence-corrected chi connectivity index (χ0v) is 12.8. The van der Waals surface area contributed by atoms with Crippen LogP contribution in [0.4, 0.5) is 13.2 Å². The molecule has 22 heavy (non-hydrogen) atoms. The summed E-state index contributed by atoms with van der Waals surface area (Å²) in [5.41, 5.74) is -0.125. The summed E-state index contributed by atoms with van der Waals surface area (Å²) in [6.45, 7) is 4.91. The van der Waals surface area contributed by atoms with Crippen molar-refractivity contribution in [1.82, 2.24) is 9.78 Å². The van der Waals surface area contributed by atoms with Crippen LogP contribution in [0.5, 0.6) is 0 Å². The van der Waals surface area contributed by atoms with E-state index in [-0.39, 0.29) is 12.0 Å². The summed E-state index contributed by atoms with van der Waals surface area (Å²) in [4.78, 5) is 0. The summed E-state index contributed by atoms with van der Waals surface area (Å²) in [6.07, 6.45) is -1.43. The molecule has 1 aliphatic carbocycles. The molecule has 0 aromatic carbocycles. The molecule has 0 N–H and O–H groups in total. The Hall–Kier alpha value is -1.08. The van der Waals surface area contributed by atoms with E-state index in [2.05, 4.69) is 5.10 Å². The number of ether oxygens (including phenoxy) is 2. The summed E-state index contributed by atoms with van der Waals surface area (Å²) in [5, 5.41) is 3.77. The lowest BCUT2D eigenvalue weighted by Gasteiger charge is -2.35. The molecule has 1 aromatic rings. The lowest BCUT2D eigenvalue weighted by Crippen LogP contribution is -2.35. The molecule has 2 aliphatic rings. The van der Waals surface area contributed by atoms with Gasteiger partial charge in [-0.2, -0.15) is 18.3 Å². The zero-order valence-electron chi connectivity index (χ0n) is 12.8. The Morgan fingerprint density at radius 3 is 2.32 bits per heavy atom. The normalized spacial score (nSPS) is 22.8. The molecule has 1 aromatic heterocycles. The first kappa shape index (κ1) is 15.8. The molecule has 4 nitrogen and oxygen atoms in total. The number of hydrogen-bond acceptors (Lipinski definition) is 3. The largest absolute Gasteiger partial charge is 0.435 e. The van der Waals surface area contributed by atoms with E-state index in [4.69, 9.17) is 9.47 Å². The Kier molecular flexibility index (Phi) is 3.97. The molecule has 0 amide bonds. The summed E-state index contributed by atoms with van der Waals surface area (Å²) in [6, 6.07) is 1.11. The second kappa shape index (κ2) is 5.53. The van der Waals surface area contributed by atoms with Gasteiger partial charge in [-0.1, -0.05) is 0 Å². The maximum atomic E-state index is 12.9. The summed E-state index contributed by atoms with van der Waals surface area (Å²) in [7, 11) is 0. The van der Waals surface area contributed by atoms with Crippen LogP contribution in [0.25, 0.3) is 0 Å². The van der Waals surface area contributed by atoms with Crippen molar-refractivity contribution in [2.24, 2.45) is 0 Å². The maximum Gasteiger partial charge on any atom is 0.435 e. The van der Waals surface area contributed by atoms with Crippen LogP contribution in [0.15, 0.2) is 6.07 Å². The second-order valence-corrected chi connectivity index (χ2v) is 6.37. The van der Waals surface area contributed by atoms with Crippen LogP contribution in [0, 0.1) is 0 Å². The van der Waals surface area contributed by atoms with E-state index in [1.807, 2.05) is 13.8 Å². The standard InChI is InChI=1S/C15H21F3N2O2/c1-10(2)20-12(9-13(19-20)15(16,17)18)11-3-5-14(6-4-11)21-7-8-22-14/h9-11H,3-8H2,1-2H3. The average Bonchev–Trinajstić information content (AvgIpc) is 3.06. The van der Waals surface area contributed by atoms with Crippen LogP contribution in [-0.2, 0) is 15.7 Å². The Morgan fingerprint density at radius 1 is 1.23 bits per heavy atom. The molecular formula is C15H21F3N2O2. The smallest absolute Gasteiger partial charge is 0.348 e. The van der Waals surface area contributed by atoms with Crippen LogP contribution in [0.3, 0.4) is 0 Å². The minimum absolute atomic E-state index is 0.0735. The average molecular weight is 318 g/mol. The number of hydrogen-bond donors (Lipinski definition) is 0. The predicted octanol–water partition coefficient (Wildman–Crippen LogP) is 3.88. The molecule has 0 radical (unpaired) electrons. The molecule has 3 rings (SSSR count). The molecule has 2 heterocycles. The molecular weight excluding hydrogens is 297 g/mol. The highest BCUT2D eigenvalue weighted by Gasteiger charge is 2.42. The fourth-order valence-electron chi connectivity index (χ4n) is 3.41. The van der Waals surface area contributed by atoms with Gasteiger partial charge >= 0.3 is 6.18 Å². The van der Waals surface area contributed by atoms with Gasteiger partial charge in [0.15, 0.2) is 11.5 Å². The van der Waals surface area contributed by atoms with Crippen LogP contribution in [-0.4, -0.2) is 28.8 Å². The van der Waals surface area contributed by atoms with Crippen LogP contribution >= 0.6 is 0 Å². The fraction of sp³-hybridized carbons (Fsp3) is 0.800. The Bertz CT molecular complexity index is 523. The summed E-state index contributed by atoms with van der Waals surface area (Å²) < 4.78 is 51.7. The second-order valence-electron chi connectivity index (χ2n) is 6.37. The first-order valence-electron chi connectivity index (χ1n) is 7.75. The van der Waals surface area contributed by atoms with Crippen molar-refractivity contribution in [2.45, 2.75) is 63.5 Å². The molecule has 0 unspecified atom stereocenters. The monoisotopic (exact) mass is 318 g/mol. The molecule has 1 spiro atoms. The molecule has 2 fully saturated rings. The van der Waals surface area contributed by atoms with E-state index < -0.39 is 17.7 Å². The van der Waals surface area contributed by atoms with Gasteiger partial charge in [-0.3, -0.25) is 4.68 Å². The van der Waals surface area contributed by atoms with Gasteiger partial charge in [-0.25, -0.2) is 0 Å². The van der Waals surface area contributed by atoms with Crippen molar-refractivity contribution in [3.8, 4) is 0 Å². The minimum atomic E-state index is -4.40. The predicted molar refractivity (Wildman–Crippen MR) is 73.5 cm³/mol. The van der Waals surface area contributed by atoms with E-state index in [0.717, 1.165) is 25.7 Å². The van der Waals surface area contributed by atoms with Gasteiger partial charge < -0.3 is 9.47 Å². The molecule has 124 valence electrons. The third kappa shape index (κ3) is 2.88. The van der Waals surface area contributed by atoms with E-state index >= 15 is 0 Å². The van der Waals surface area contributed by atoms with Gasteiger partial charge in [0, 0.05) is 30.5 Å². The van der Waals surface area contributed by atoms with Crippen LogP contribution in [0.1, 0.15) is 62.9 Å². The molecule has 0 atom stereocenters. The first-order valence-corrected chi connectivity index (χ1v) is 7.75. The molecule has 1 aliphatic heterocycles. The van der Waals surface area contributed by atoms with E-state index in [1.54, 1.807) is 0 Å². The lowest BCUT2D eigenvalue weighted by molar-refractivity contribution is -0.179.